The highest BCUT2D eigenvalue weighted by Gasteiger charge is 2.27. The molecule has 3 N–H and O–H groups in total. The molecule has 0 aliphatic rings. The van der Waals surface area contributed by atoms with Crippen LogP contribution >= 0.6 is 0 Å². The fourth-order valence-electron chi connectivity index (χ4n) is 1.48. The summed E-state index contributed by atoms with van der Waals surface area (Å²) in [7, 11) is -2.96. The van der Waals surface area contributed by atoms with Gasteiger partial charge in [0.15, 0.2) is 0 Å². The molecule has 0 fully saturated rings. The topological polar surface area (TPSA) is 80.4 Å². The van der Waals surface area contributed by atoms with Crippen molar-refractivity contribution in [3.8, 4) is 0 Å². The largest absolute Gasteiger partial charge is 0.396 e. The highest BCUT2D eigenvalue weighted by molar-refractivity contribution is 7.90. The van der Waals surface area contributed by atoms with Crippen molar-refractivity contribution < 1.29 is 13.5 Å². The van der Waals surface area contributed by atoms with Crippen molar-refractivity contribution in [1.82, 2.24) is 0 Å². The summed E-state index contributed by atoms with van der Waals surface area (Å²) in [5.41, 5.74) is 5.17. The molecule has 0 aliphatic carbocycles. The number of sulfone groups is 1. The van der Waals surface area contributed by atoms with Crippen LogP contribution in [0.25, 0.3) is 0 Å². The summed E-state index contributed by atoms with van der Waals surface area (Å²) in [5.74, 6) is 0.102. The van der Waals surface area contributed by atoms with Gasteiger partial charge in [-0.15, -0.1) is 0 Å². The van der Waals surface area contributed by atoms with Gasteiger partial charge in [0.05, 0.1) is 5.75 Å². The lowest BCUT2D eigenvalue weighted by atomic mass is 9.82. The van der Waals surface area contributed by atoms with Gasteiger partial charge in [-0.25, -0.2) is 8.42 Å². The Kier molecular flexibility index (Phi) is 5.63. The molecule has 14 heavy (non-hydrogen) atoms. The third kappa shape index (κ3) is 4.93. The van der Waals surface area contributed by atoms with Crippen LogP contribution in [0.3, 0.4) is 0 Å². The second-order valence-corrected chi connectivity index (χ2v) is 6.25. The third-order valence-corrected chi connectivity index (χ3v) is 3.50. The molecule has 0 heterocycles. The molecule has 0 saturated carbocycles. The molecule has 0 aromatic heterocycles. The van der Waals surface area contributed by atoms with E-state index >= 15 is 0 Å². The van der Waals surface area contributed by atoms with Crippen molar-refractivity contribution in [3.63, 3.8) is 0 Å². The van der Waals surface area contributed by atoms with Gasteiger partial charge in [-0.05, 0) is 12.8 Å². The Balaban J connectivity index is 4.35. The van der Waals surface area contributed by atoms with Gasteiger partial charge in [0, 0.05) is 24.8 Å². The maximum atomic E-state index is 11.0. The van der Waals surface area contributed by atoms with Crippen LogP contribution in [0.1, 0.15) is 26.2 Å². The Hall–Kier alpha value is -0.130. The van der Waals surface area contributed by atoms with E-state index in [1.807, 2.05) is 6.92 Å². The van der Waals surface area contributed by atoms with Crippen molar-refractivity contribution in [1.29, 1.82) is 0 Å². The van der Waals surface area contributed by atoms with Gasteiger partial charge < -0.3 is 10.8 Å². The van der Waals surface area contributed by atoms with E-state index in [0.717, 1.165) is 12.8 Å². The lowest BCUT2D eigenvalue weighted by Gasteiger charge is -2.29. The molecule has 1 unspecified atom stereocenters. The van der Waals surface area contributed by atoms with E-state index in [2.05, 4.69) is 0 Å². The van der Waals surface area contributed by atoms with E-state index in [1.165, 1.54) is 6.26 Å². The summed E-state index contributed by atoms with van der Waals surface area (Å²) in [5, 5.41) is 9.23. The van der Waals surface area contributed by atoms with Gasteiger partial charge in [-0.1, -0.05) is 13.3 Å². The molecule has 0 spiro atoms. The molecule has 0 rings (SSSR count). The van der Waals surface area contributed by atoms with Crippen LogP contribution in [0, 0.1) is 5.41 Å². The molecule has 86 valence electrons. The lowest BCUT2D eigenvalue weighted by molar-refractivity contribution is 0.117. The van der Waals surface area contributed by atoms with Crippen LogP contribution in [-0.4, -0.2) is 38.7 Å². The van der Waals surface area contributed by atoms with Gasteiger partial charge in [-0.3, -0.25) is 0 Å². The van der Waals surface area contributed by atoms with Crippen LogP contribution in [0.15, 0.2) is 0 Å². The molecular weight excluding hydrogens is 202 g/mol. The van der Waals surface area contributed by atoms with Crippen LogP contribution in [0.5, 0.6) is 0 Å². The van der Waals surface area contributed by atoms with E-state index in [-0.39, 0.29) is 12.4 Å². The molecule has 0 amide bonds. The molecule has 1 atom stereocenters. The molecule has 0 radical (unpaired) electrons. The summed E-state index contributed by atoms with van der Waals surface area (Å²) in [6.07, 6.45) is 3.33. The van der Waals surface area contributed by atoms with Crippen molar-refractivity contribution in [2.24, 2.45) is 11.1 Å². The Morgan fingerprint density at radius 2 is 1.93 bits per heavy atom. The number of nitrogens with two attached hydrogens (primary N) is 1. The summed E-state index contributed by atoms with van der Waals surface area (Å²) < 4.78 is 22.0. The average Bonchev–Trinajstić information content (AvgIpc) is 2.11. The summed E-state index contributed by atoms with van der Waals surface area (Å²) >= 11 is 0. The number of aliphatic hydroxyl groups excluding tert-OH is 1. The fourth-order valence-corrected chi connectivity index (χ4v) is 2.29. The van der Waals surface area contributed by atoms with E-state index in [9.17, 15) is 13.5 Å². The third-order valence-electron chi connectivity index (χ3n) is 2.55. The fraction of sp³-hybridized carbons (Fsp3) is 1.00. The molecule has 0 aliphatic heterocycles. The minimum atomic E-state index is -2.96. The van der Waals surface area contributed by atoms with Gasteiger partial charge in [0.25, 0.3) is 0 Å². The Morgan fingerprint density at radius 1 is 1.36 bits per heavy atom. The summed E-state index contributed by atoms with van der Waals surface area (Å²) in [6, 6.07) is 0. The Bertz CT molecular complexity index is 245. The van der Waals surface area contributed by atoms with E-state index in [0.29, 0.717) is 13.0 Å². The van der Waals surface area contributed by atoms with Gasteiger partial charge >= 0.3 is 0 Å². The first-order valence-corrected chi connectivity index (χ1v) is 6.94. The van der Waals surface area contributed by atoms with Crippen LogP contribution in [0.2, 0.25) is 0 Å². The van der Waals surface area contributed by atoms with Gasteiger partial charge in [0.1, 0.15) is 9.84 Å². The first-order valence-electron chi connectivity index (χ1n) is 4.88. The molecule has 5 heteroatoms. The molecule has 0 aromatic carbocycles. The van der Waals surface area contributed by atoms with E-state index < -0.39 is 15.3 Å². The second kappa shape index (κ2) is 5.68. The number of hydrogen-bond acceptors (Lipinski definition) is 4. The van der Waals surface area contributed by atoms with Gasteiger partial charge in [0.2, 0.25) is 0 Å². The first kappa shape index (κ1) is 13.9. The molecule has 0 aromatic rings. The predicted molar refractivity (Wildman–Crippen MR) is 57.8 cm³/mol. The van der Waals surface area contributed by atoms with Crippen molar-refractivity contribution in [2.75, 3.05) is 25.2 Å². The van der Waals surface area contributed by atoms with E-state index in [1.54, 1.807) is 0 Å². The van der Waals surface area contributed by atoms with Crippen molar-refractivity contribution in [3.05, 3.63) is 0 Å². The SMILES string of the molecule is CCCC(CN)(CO)CCS(C)(=O)=O. The normalized spacial score (nSPS) is 16.6. The zero-order valence-corrected chi connectivity index (χ0v) is 9.81. The number of hydrogen-bond donors (Lipinski definition) is 2. The first-order chi connectivity index (χ1) is 6.39. The maximum absolute atomic E-state index is 11.0. The molecule has 0 bridgehead atoms. The minimum absolute atomic E-state index is 0.0349. The standard InChI is InChI=1S/C9H21NO3S/c1-3-4-9(7-10,8-11)5-6-14(2,12)13/h11H,3-8,10H2,1-2H3. The zero-order valence-electron chi connectivity index (χ0n) is 8.99. The zero-order chi connectivity index (χ0) is 11.2. The van der Waals surface area contributed by atoms with E-state index in [4.69, 9.17) is 5.73 Å². The maximum Gasteiger partial charge on any atom is 0.147 e. The highest BCUT2D eigenvalue weighted by atomic mass is 32.2. The predicted octanol–water partition coefficient (Wildman–Crippen LogP) is 0.159. The molecular formula is C9H21NO3S. The summed E-state index contributed by atoms with van der Waals surface area (Å²) in [4.78, 5) is 0. The monoisotopic (exact) mass is 223 g/mol. The van der Waals surface area contributed by atoms with Crippen molar-refractivity contribution in [2.45, 2.75) is 26.2 Å². The lowest BCUT2D eigenvalue weighted by Crippen LogP contribution is -2.36. The molecule has 0 saturated heterocycles. The van der Waals surface area contributed by atoms with Gasteiger partial charge in [-0.2, -0.15) is 0 Å². The number of rotatable bonds is 7. The van der Waals surface area contributed by atoms with Crippen LogP contribution < -0.4 is 5.73 Å². The second-order valence-electron chi connectivity index (χ2n) is 3.99. The van der Waals surface area contributed by atoms with Crippen LogP contribution in [0.4, 0.5) is 0 Å². The average molecular weight is 223 g/mol. The quantitative estimate of drug-likeness (QED) is 0.644. The number of aliphatic hydroxyl groups is 1. The van der Waals surface area contributed by atoms with Crippen LogP contribution in [-0.2, 0) is 9.84 Å². The smallest absolute Gasteiger partial charge is 0.147 e. The Morgan fingerprint density at radius 3 is 2.21 bits per heavy atom. The van der Waals surface area contributed by atoms with Crippen molar-refractivity contribution >= 4 is 9.84 Å². The summed E-state index contributed by atoms with van der Waals surface area (Å²) in [6.45, 7) is 2.31. The Labute approximate surface area is 86.4 Å². The minimum Gasteiger partial charge on any atom is -0.396 e. The molecule has 4 nitrogen and oxygen atoms in total. The highest BCUT2D eigenvalue weighted by Crippen LogP contribution is 2.26.